The van der Waals surface area contributed by atoms with E-state index in [-0.39, 0.29) is 22.9 Å². The number of aromatic nitrogens is 2. The van der Waals surface area contributed by atoms with Gasteiger partial charge in [-0.15, -0.1) is 0 Å². The number of nitriles is 1. The standard InChI is InChI=1S/C18H15N5O3/c1-12(21-15-6-7-17(23(25)26)14(8-15)9-19)11-22-18(24)16-5-3-2-4-13(16)10-20-22/h2-8,10,12,21H,11H2,1H3/t12-/m1/s1. The summed E-state index contributed by atoms with van der Waals surface area (Å²) in [7, 11) is 0. The Bertz CT molecular complexity index is 1080. The number of nitro benzene ring substituents is 1. The Hall–Kier alpha value is -3.73. The van der Waals surface area contributed by atoms with Crippen LogP contribution in [0.4, 0.5) is 11.4 Å². The summed E-state index contributed by atoms with van der Waals surface area (Å²) in [6.45, 7) is 2.17. The highest BCUT2D eigenvalue weighted by molar-refractivity contribution is 5.80. The number of benzene rings is 2. The van der Waals surface area contributed by atoms with Gasteiger partial charge in [-0.2, -0.15) is 10.4 Å². The minimum absolute atomic E-state index is 0.0202. The van der Waals surface area contributed by atoms with Crippen molar-refractivity contribution in [3.05, 3.63) is 74.7 Å². The molecule has 0 unspecified atom stereocenters. The van der Waals surface area contributed by atoms with Crippen LogP contribution in [-0.4, -0.2) is 20.7 Å². The molecule has 3 rings (SSSR count). The van der Waals surface area contributed by atoms with E-state index in [1.807, 2.05) is 25.1 Å². The van der Waals surface area contributed by atoms with Gasteiger partial charge < -0.3 is 5.32 Å². The molecule has 1 atom stereocenters. The number of hydrogen-bond donors (Lipinski definition) is 1. The van der Waals surface area contributed by atoms with Crippen molar-refractivity contribution in [3.63, 3.8) is 0 Å². The van der Waals surface area contributed by atoms with Crippen molar-refractivity contribution in [2.75, 3.05) is 5.32 Å². The molecule has 0 aliphatic carbocycles. The summed E-state index contributed by atoms with van der Waals surface area (Å²) < 4.78 is 1.37. The molecule has 2 aromatic carbocycles. The largest absolute Gasteiger partial charge is 0.381 e. The van der Waals surface area contributed by atoms with Crippen LogP contribution in [0.2, 0.25) is 0 Å². The minimum atomic E-state index is -0.593. The van der Waals surface area contributed by atoms with Crippen LogP contribution in [0.3, 0.4) is 0 Å². The van der Waals surface area contributed by atoms with Crippen molar-refractivity contribution in [3.8, 4) is 6.07 Å². The molecule has 1 heterocycles. The lowest BCUT2D eigenvalue weighted by atomic mass is 10.1. The lowest BCUT2D eigenvalue weighted by molar-refractivity contribution is -0.385. The Morgan fingerprint density at radius 3 is 2.85 bits per heavy atom. The van der Waals surface area contributed by atoms with Gasteiger partial charge in [-0.25, -0.2) is 4.68 Å². The summed E-state index contributed by atoms with van der Waals surface area (Å²) in [5.74, 6) is 0. The maximum Gasteiger partial charge on any atom is 0.287 e. The zero-order chi connectivity index (χ0) is 18.7. The lowest BCUT2D eigenvalue weighted by Gasteiger charge is -2.16. The van der Waals surface area contributed by atoms with Crippen LogP contribution < -0.4 is 10.9 Å². The molecule has 0 aliphatic heterocycles. The minimum Gasteiger partial charge on any atom is -0.381 e. The summed E-state index contributed by atoms with van der Waals surface area (Å²) in [5, 5.41) is 28.6. The highest BCUT2D eigenvalue weighted by atomic mass is 16.6. The fourth-order valence-electron chi connectivity index (χ4n) is 2.72. The molecule has 8 nitrogen and oxygen atoms in total. The topological polar surface area (TPSA) is 114 Å². The zero-order valence-corrected chi connectivity index (χ0v) is 13.9. The summed E-state index contributed by atoms with van der Waals surface area (Å²) in [6, 6.07) is 13.1. The maximum absolute atomic E-state index is 12.5. The Labute approximate surface area is 148 Å². The second-order valence-electron chi connectivity index (χ2n) is 5.87. The molecule has 1 N–H and O–H groups in total. The van der Waals surface area contributed by atoms with E-state index in [1.165, 1.54) is 22.9 Å². The van der Waals surface area contributed by atoms with Gasteiger partial charge in [0.05, 0.1) is 23.1 Å². The molecule has 8 heteroatoms. The number of fused-ring (bicyclic) bond motifs is 1. The van der Waals surface area contributed by atoms with Gasteiger partial charge in [0.15, 0.2) is 0 Å². The molecule has 0 fully saturated rings. The number of rotatable bonds is 5. The van der Waals surface area contributed by atoms with Crippen molar-refractivity contribution in [1.82, 2.24) is 9.78 Å². The quantitative estimate of drug-likeness (QED) is 0.559. The molecule has 0 bridgehead atoms. The van der Waals surface area contributed by atoms with Gasteiger partial charge in [0.25, 0.3) is 11.2 Å². The number of hydrogen-bond acceptors (Lipinski definition) is 6. The molecule has 0 spiro atoms. The van der Waals surface area contributed by atoms with Crippen LogP contribution in [0.1, 0.15) is 12.5 Å². The Morgan fingerprint density at radius 1 is 1.35 bits per heavy atom. The molecule has 1 aromatic heterocycles. The van der Waals surface area contributed by atoms with Crippen molar-refractivity contribution in [1.29, 1.82) is 5.26 Å². The van der Waals surface area contributed by atoms with Crippen LogP contribution in [0.5, 0.6) is 0 Å². The first kappa shape index (κ1) is 17.1. The molecular formula is C18H15N5O3. The van der Waals surface area contributed by atoms with Crippen LogP contribution in [0.25, 0.3) is 10.8 Å². The maximum atomic E-state index is 12.5. The van der Waals surface area contributed by atoms with Gasteiger partial charge in [-0.3, -0.25) is 14.9 Å². The molecule has 0 aliphatic rings. The Kier molecular flexibility index (Phi) is 4.62. The normalized spacial score (nSPS) is 11.7. The number of nitrogens with one attached hydrogen (secondary N) is 1. The molecule has 3 aromatic rings. The Balaban J connectivity index is 1.80. The fourth-order valence-corrected chi connectivity index (χ4v) is 2.72. The highest BCUT2D eigenvalue weighted by Gasteiger charge is 2.15. The third-order valence-electron chi connectivity index (χ3n) is 3.94. The van der Waals surface area contributed by atoms with Gasteiger partial charge >= 0.3 is 0 Å². The van der Waals surface area contributed by atoms with Crippen LogP contribution in [0.15, 0.2) is 53.5 Å². The van der Waals surface area contributed by atoms with E-state index in [9.17, 15) is 14.9 Å². The summed E-state index contributed by atoms with van der Waals surface area (Å²) in [4.78, 5) is 22.8. The highest BCUT2D eigenvalue weighted by Crippen LogP contribution is 2.22. The van der Waals surface area contributed by atoms with E-state index in [0.29, 0.717) is 17.6 Å². The lowest BCUT2D eigenvalue weighted by Crippen LogP contribution is -2.31. The predicted octanol–water partition coefficient (Wildman–Crippen LogP) is 2.68. The smallest absolute Gasteiger partial charge is 0.287 e. The average molecular weight is 349 g/mol. The van der Waals surface area contributed by atoms with Crippen molar-refractivity contribution < 1.29 is 4.92 Å². The van der Waals surface area contributed by atoms with Gasteiger partial charge in [0, 0.05) is 23.2 Å². The van der Waals surface area contributed by atoms with E-state index in [4.69, 9.17) is 5.26 Å². The summed E-state index contributed by atoms with van der Waals surface area (Å²) in [5.41, 5.74) is 0.123. The molecule has 0 radical (unpaired) electrons. The van der Waals surface area contributed by atoms with E-state index in [2.05, 4.69) is 10.4 Å². The third kappa shape index (κ3) is 3.37. The second-order valence-corrected chi connectivity index (χ2v) is 5.87. The second kappa shape index (κ2) is 7.03. The van der Waals surface area contributed by atoms with E-state index in [1.54, 1.807) is 18.3 Å². The first-order valence-corrected chi connectivity index (χ1v) is 7.89. The molecule has 130 valence electrons. The SMILES string of the molecule is C[C@H](Cn1ncc2ccccc2c1=O)Nc1ccc([N+](=O)[O-])c(C#N)c1. The van der Waals surface area contributed by atoms with Gasteiger partial charge in [0.2, 0.25) is 0 Å². The average Bonchev–Trinajstić information content (AvgIpc) is 2.64. The van der Waals surface area contributed by atoms with Gasteiger partial charge in [0.1, 0.15) is 11.6 Å². The summed E-state index contributed by atoms with van der Waals surface area (Å²) in [6.07, 6.45) is 1.64. The molecule has 0 saturated carbocycles. The molecule has 0 saturated heterocycles. The third-order valence-corrected chi connectivity index (χ3v) is 3.94. The van der Waals surface area contributed by atoms with Crippen molar-refractivity contribution >= 4 is 22.1 Å². The first-order chi connectivity index (χ1) is 12.5. The van der Waals surface area contributed by atoms with Crippen LogP contribution in [0, 0.1) is 21.4 Å². The van der Waals surface area contributed by atoms with Crippen LogP contribution in [-0.2, 0) is 6.54 Å². The van der Waals surface area contributed by atoms with E-state index >= 15 is 0 Å². The molecule has 26 heavy (non-hydrogen) atoms. The number of nitrogens with zero attached hydrogens (tertiary/aromatic N) is 4. The zero-order valence-electron chi connectivity index (χ0n) is 13.9. The molecular weight excluding hydrogens is 334 g/mol. The van der Waals surface area contributed by atoms with Gasteiger partial charge in [-0.1, -0.05) is 18.2 Å². The number of nitro groups is 1. The van der Waals surface area contributed by atoms with Crippen molar-refractivity contribution in [2.24, 2.45) is 0 Å². The van der Waals surface area contributed by atoms with Gasteiger partial charge in [-0.05, 0) is 25.1 Å². The number of anilines is 1. The first-order valence-electron chi connectivity index (χ1n) is 7.89. The van der Waals surface area contributed by atoms with Crippen LogP contribution >= 0.6 is 0 Å². The predicted molar refractivity (Wildman–Crippen MR) is 96.9 cm³/mol. The molecule has 0 amide bonds. The van der Waals surface area contributed by atoms with E-state index < -0.39 is 4.92 Å². The summed E-state index contributed by atoms with van der Waals surface area (Å²) >= 11 is 0. The van der Waals surface area contributed by atoms with E-state index in [0.717, 1.165) is 5.39 Å². The Morgan fingerprint density at radius 2 is 2.12 bits per heavy atom. The van der Waals surface area contributed by atoms with Crippen molar-refractivity contribution in [2.45, 2.75) is 19.5 Å². The fraction of sp³-hybridized carbons (Fsp3) is 0.167. The monoisotopic (exact) mass is 349 g/mol.